The highest BCUT2D eigenvalue weighted by Gasteiger charge is 2.53. The van der Waals surface area contributed by atoms with Crippen molar-refractivity contribution >= 4 is 11.9 Å². The van der Waals surface area contributed by atoms with Crippen LogP contribution in [-0.4, -0.2) is 162 Å². The van der Waals surface area contributed by atoms with Crippen molar-refractivity contribution < 1.29 is 88.3 Å². The molecule has 0 aromatic heterocycles. The van der Waals surface area contributed by atoms with Gasteiger partial charge in [0.15, 0.2) is 24.2 Å². The van der Waals surface area contributed by atoms with Gasteiger partial charge in [0.05, 0.1) is 61.0 Å². The van der Waals surface area contributed by atoms with Crippen LogP contribution in [0, 0.1) is 47.3 Å². The van der Waals surface area contributed by atoms with Crippen LogP contribution in [0.4, 0.5) is 0 Å². The quantitative estimate of drug-likeness (QED) is 0.130. The van der Waals surface area contributed by atoms with Gasteiger partial charge in [-0.1, -0.05) is 91.8 Å². The molecule has 26 atom stereocenters. The second-order valence-corrected chi connectivity index (χ2v) is 21.2. The summed E-state index contributed by atoms with van der Waals surface area (Å²) in [5.41, 5.74) is 0. The van der Waals surface area contributed by atoms with Gasteiger partial charge in [0.2, 0.25) is 0 Å². The molecule has 0 radical (unpaired) electrons. The largest absolute Gasteiger partial charge is 0.458 e. The molecule has 4 saturated heterocycles. The standard InChI is InChI=1S/C52H84O18/c1-25-17-13-15-19-42(56)68-50(30(6)46(58)32(8)52(62)24-40(28(4)34(10)70-52)66-44-22-38(54)48(60)36(12)64-44)26(2)18-14-16-20-41(55)67-49(25)29(5)45(57)31(7)51(61)23-39(27(3)33(9)69-51)65-43-21-37(53)47(59)35(11)63-43/h13-20,25-40,43-50,53-54,57-62H,21-24H2,1-12H3/b17-13-,18-14-,19-15+,20-16+/t25-,26+,27-,28+,29-,30-,31-,32+,33+,34+,35-,36-,37-,38-,39+,40+,43+,44-,45-,46-,47+,48+,49-,50+,51+,52+/m1/s1. The molecule has 5 rings (SSSR count). The summed E-state index contributed by atoms with van der Waals surface area (Å²) < 4.78 is 48.6. The van der Waals surface area contributed by atoms with Crippen molar-refractivity contribution in [2.75, 3.05) is 0 Å². The Bertz CT molecular complexity index is 1670. The normalized spacial score (nSPS) is 47.0. The molecule has 18 heteroatoms. The topological polar surface area (TPSA) is 270 Å². The van der Waals surface area contributed by atoms with Crippen LogP contribution in [0.5, 0.6) is 0 Å². The average Bonchev–Trinajstić information content (AvgIpc) is 3.29. The molecule has 0 spiro atoms. The molecule has 0 aromatic carbocycles. The van der Waals surface area contributed by atoms with Crippen LogP contribution in [-0.2, 0) is 47.5 Å². The van der Waals surface area contributed by atoms with Gasteiger partial charge in [-0.05, 0) is 27.7 Å². The van der Waals surface area contributed by atoms with Crippen molar-refractivity contribution in [1.82, 2.24) is 0 Å². The first-order chi connectivity index (χ1) is 32.7. The number of cyclic esters (lactones) is 2. The zero-order valence-electron chi connectivity index (χ0n) is 43.0. The van der Waals surface area contributed by atoms with Gasteiger partial charge < -0.3 is 78.7 Å². The summed E-state index contributed by atoms with van der Waals surface area (Å²) in [6.07, 6.45) is -1.75. The molecule has 18 nitrogen and oxygen atoms in total. The van der Waals surface area contributed by atoms with E-state index in [1.807, 2.05) is 13.8 Å². The number of rotatable bonds is 12. The lowest BCUT2D eigenvalue weighted by molar-refractivity contribution is -0.343. The second kappa shape index (κ2) is 24.6. The molecule has 0 bridgehead atoms. The summed E-state index contributed by atoms with van der Waals surface area (Å²) >= 11 is 0. The number of ether oxygens (including phenoxy) is 8. The molecular formula is C52H84O18. The van der Waals surface area contributed by atoms with Crippen LogP contribution in [0.15, 0.2) is 48.6 Å². The molecule has 70 heavy (non-hydrogen) atoms. The average molecular weight is 997 g/mol. The number of aliphatic hydroxyl groups excluding tert-OH is 6. The Hall–Kier alpha value is -2.66. The van der Waals surface area contributed by atoms with Crippen LogP contribution in [0.1, 0.15) is 109 Å². The van der Waals surface area contributed by atoms with E-state index >= 15 is 0 Å². The predicted octanol–water partition coefficient (Wildman–Crippen LogP) is 3.34. The van der Waals surface area contributed by atoms with E-state index in [1.165, 1.54) is 24.3 Å². The number of allylic oxidation sites excluding steroid dienone is 4. The Morgan fingerprint density at radius 3 is 1.23 bits per heavy atom. The van der Waals surface area contributed by atoms with Gasteiger partial charge in [-0.15, -0.1) is 0 Å². The fraction of sp³-hybridized carbons (Fsp3) is 0.808. The molecule has 0 aromatic rings. The summed E-state index contributed by atoms with van der Waals surface area (Å²) in [5.74, 6) is -9.94. The highest BCUT2D eigenvalue weighted by atomic mass is 16.7. The van der Waals surface area contributed by atoms with Gasteiger partial charge >= 0.3 is 11.9 Å². The fourth-order valence-electron chi connectivity index (χ4n) is 10.6. The predicted molar refractivity (Wildman–Crippen MR) is 254 cm³/mol. The first kappa shape index (κ1) is 58.2. The van der Waals surface area contributed by atoms with Gasteiger partial charge in [-0.3, -0.25) is 0 Å². The maximum absolute atomic E-state index is 13.5. The van der Waals surface area contributed by atoms with Crippen molar-refractivity contribution in [3.8, 4) is 0 Å². The van der Waals surface area contributed by atoms with Crippen molar-refractivity contribution in [1.29, 1.82) is 0 Å². The van der Waals surface area contributed by atoms with Crippen molar-refractivity contribution in [2.45, 2.75) is 218 Å². The van der Waals surface area contributed by atoms with Crippen LogP contribution < -0.4 is 0 Å². The third-order valence-corrected chi connectivity index (χ3v) is 16.0. The third-order valence-electron chi connectivity index (χ3n) is 16.0. The number of carbonyl (C=O) groups is 2. The van der Waals surface area contributed by atoms with E-state index in [0.717, 1.165) is 0 Å². The number of hydrogen-bond acceptors (Lipinski definition) is 18. The minimum atomic E-state index is -1.88. The van der Waals surface area contributed by atoms with E-state index in [9.17, 15) is 50.4 Å². The zero-order valence-corrected chi connectivity index (χ0v) is 43.0. The van der Waals surface area contributed by atoms with Crippen LogP contribution in [0.2, 0.25) is 0 Å². The number of aliphatic hydroxyl groups is 8. The number of esters is 2. The molecule has 0 aliphatic carbocycles. The lowest BCUT2D eigenvalue weighted by Gasteiger charge is -2.49. The van der Waals surface area contributed by atoms with Gasteiger partial charge in [0, 0.05) is 85.2 Å². The van der Waals surface area contributed by atoms with Gasteiger partial charge in [0.1, 0.15) is 24.4 Å². The minimum absolute atomic E-state index is 0.0377. The highest BCUT2D eigenvalue weighted by Crippen LogP contribution is 2.44. The summed E-state index contributed by atoms with van der Waals surface area (Å²) in [7, 11) is 0. The van der Waals surface area contributed by atoms with E-state index in [2.05, 4.69) is 0 Å². The maximum Gasteiger partial charge on any atom is 0.331 e. The van der Waals surface area contributed by atoms with E-state index < -0.39 is 157 Å². The molecule has 400 valence electrons. The summed E-state index contributed by atoms with van der Waals surface area (Å²) in [6, 6.07) is 0. The first-order valence-corrected chi connectivity index (χ1v) is 25.3. The lowest BCUT2D eigenvalue weighted by Crippen LogP contribution is -2.59. The summed E-state index contributed by atoms with van der Waals surface area (Å²) in [5, 5.41) is 89.0. The van der Waals surface area contributed by atoms with Crippen LogP contribution >= 0.6 is 0 Å². The Labute approximate surface area is 413 Å². The van der Waals surface area contributed by atoms with E-state index in [-0.39, 0.29) is 37.5 Å². The molecular weight excluding hydrogens is 913 g/mol. The smallest absolute Gasteiger partial charge is 0.331 e. The molecule has 8 N–H and O–H groups in total. The Morgan fingerprint density at radius 1 is 0.557 bits per heavy atom. The first-order valence-electron chi connectivity index (χ1n) is 25.3. The van der Waals surface area contributed by atoms with Gasteiger partial charge in [-0.25, -0.2) is 9.59 Å². The van der Waals surface area contributed by atoms with Crippen molar-refractivity contribution in [2.24, 2.45) is 47.3 Å². The number of hydrogen-bond donors (Lipinski definition) is 8. The SMILES string of the molecule is C[C@H]([C@@H](O)[C@H](C)[C@]1(O)C[C@H](O[C@@H]2C[C@@H](O)[C@@H](O)[C@@H](C)O2)[C@@H](C)[C@H](C)O1)[C@H]1OC(=O)/C=C/C=C\[C@@H](C)[C@H]([C@H](C)[C@@H](O)[C@@H](C)[C@]2(O)C[C@H](O[C@H]3C[C@@H](O)[C@@H](O)[C@@H](C)O3)[C@H](C)[C@H](C)O2)OC(=O)/C=C/C=C\[C@@H]1C. The zero-order chi connectivity index (χ0) is 52.2. The fourth-order valence-corrected chi connectivity index (χ4v) is 10.6. The maximum atomic E-state index is 13.5. The summed E-state index contributed by atoms with van der Waals surface area (Å²) in [4.78, 5) is 26.9. The van der Waals surface area contributed by atoms with Crippen LogP contribution in [0.25, 0.3) is 0 Å². The van der Waals surface area contributed by atoms with E-state index in [0.29, 0.717) is 0 Å². The minimum Gasteiger partial charge on any atom is -0.458 e. The molecule has 0 saturated carbocycles. The Balaban J connectivity index is 1.27. The molecule has 0 amide bonds. The van der Waals surface area contributed by atoms with E-state index in [1.54, 1.807) is 93.5 Å². The molecule has 5 heterocycles. The Kier molecular flexibility index (Phi) is 20.4. The number of carbonyl (C=O) groups excluding carboxylic acids is 2. The molecule has 4 fully saturated rings. The molecule has 5 aliphatic heterocycles. The van der Waals surface area contributed by atoms with Crippen molar-refractivity contribution in [3.63, 3.8) is 0 Å². The summed E-state index contributed by atoms with van der Waals surface area (Å²) in [6.45, 7) is 21.0. The van der Waals surface area contributed by atoms with Crippen molar-refractivity contribution in [3.05, 3.63) is 48.6 Å². The van der Waals surface area contributed by atoms with Gasteiger partial charge in [-0.2, -0.15) is 0 Å². The third kappa shape index (κ3) is 13.9. The lowest BCUT2D eigenvalue weighted by atomic mass is 9.76. The Morgan fingerprint density at radius 2 is 0.900 bits per heavy atom. The van der Waals surface area contributed by atoms with Crippen LogP contribution in [0.3, 0.4) is 0 Å². The molecule has 0 unspecified atom stereocenters. The highest BCUT2D eigenvalue weighted by molar-refractivity contribution is 5.83. The van der Waals surface area contributed by atoms with E-state index in [4.69, 9.17) is 37.9 Å². The second-order valence-electron chi connectivity index (χ2n) is 21.2. The van der Waals surface area contributed by atoms with Gasteiger partial charge in [0.25, 0.3) is 0 Å². The monoisotopic (exact) mass is 997 g/mol. The molecule has 5 aliphatic rings.